The van der Waals surface area contributed by atoms with Gasteiger partial charge in [0.2, 0.25) is 0 Å². The predicted octanol–water partition coefficient (Wildman–Crippen LogP) is 2.03. The molecule has 98 valence electrons. The molecule has 0 aliphatic carbocycles. The molecule has 0 aromatic heterocycles. The molecule has 0 radical (unpaired) electrons. The number of nitrogens with one attached hydrogen (secondary N) is 4. The van der Waals surface area contributed by atoms with Crippen molar-refractivity contribution >= 4 is 17.6 Å². The standard InChI is InChI=1S/C13H21N5/c1-3-6-10-8-5-7-9(4-2)11(10)17-13(16)18-12(14)15/h5,7-8H,3-4,6H2,1-2H3,(H6,14,15,16,17,18). The molecule has 0 heterocycles. The van der Waals surface area contributed by atoms with E-state index in [9.17, 15) is 0 Å². The zero-order valence-electron chi connectivity index (χ0n) is 10.9. The highest BCUT2D eigenvalue weighted by molar-refractivity contribution is 6.02. The number of hydrogen-bond acceptors (Lipinski definition) is 2. The molecule has 0 atom stereocenters. The Morgan fingerprint density at radius 2 is 1.89 bits per heavy atom. The molecule has 0 saturated heterocycles. The zero-order chi connectivity index (χ0) is 13.5. The van der Waals surface area contributed by atoms with Gasteiger partial charge in [-0.25, -0.2) is 0 Å². The number of rotatable bonds is 4. The SMILES string of the molecule is CCCc1cccc(CC)c1NC(=N)NC(=N)N. The van der Waals surface area contributed by atoms with E-state index in [2.05, 4.69) is 30.5 Å². The van der Waals surface area contributed by atoms with Gasteiger partial charge in [0.1, 0.15) is 0 Å². The molecule has 18 heavy (non-hydrogen) atoms. The molecule has 0 aliphatic heterocycles. The summed E-state index contributed by atoms with van der Waals surface area (Å²) in [5.74, 6) is -0.209. The summed E-state index contributed by atoms with van der Waals surface area (Å²) in [5, 5.41) is 20.3. The van der Waals surface area contributed by atoms with Crippen LogP contribution in [-0.4, -0.2) is 11.9 Å². The van der Waals surface area contributed by atoms with Crippen molar-refractivity contribution in [2.24, 2.45) is 5.73 Å². The fourth-order valence-corrected chi connectivity index (χ4v) is 1.88. The Morgan fingerprint density at radius 1 is 1.22 bits per heavy atom. The second-order valence-corrected chi connectivity index (χ2v) is 4.09. The van der Waals surface area contributed by atoms with Gasteiger partial charge in [-0.05, 0) is 24.0 Å². The van der Waals surface area contributed by atoms with Crippen LogP contribution in [0, 0.1) is 10.8 Å². The van der Waals surface area contributed by atoms with E-state index in [1.165, 1.54) is 5.56 Å². The monoisotopic (exact) mass is 247 g/mol. The first-order chi connectivity index (χ1) is 8.58. The summed E-state index contributed by atoms with van der Waals surface area (Å²) in [6, 6.07) is 6.14. The maximum Gasteiger partial charge on any atom is 0.199 e. The Kier molecular flexibility index (Phi) is 5.17. The molecule has 5 nitrogen and oxygen atoms in total. The molecule has 1 aromatic rings. The van der Waals surface area contributed by atoms with Crippen molar-refractivity contribution in [1.29, 1.82) is 10.8 Å². The molecule has 1 aromatic carbocycles. The molecule has 6 N–H and O–H groups in total. The summed E-state index contributed by atoms with van der Waals surface area (Å²) in [4.78, 5) is 0. The smallest absolute Gasteiger partial charge is 0.199 e. The van der Waals surface area contributed by atoms with Crippen molar-refractivity contribution in [1.82, 2.24) is 5.32 Å². The van der Waals surface area contributed by atoms with Gasteiger partial charge in [-0.3, -0.25) is 16.1 Å². The Hall–Kier alpha value is -2.04. The molecule has 0 aliphatic rings. The second-order valence-electron chi connectivity index (χ2n) is 4.09. The average Bonchev–Trinajstić information content (AvgIpc) is 2.30. The quantitative estimate of drug-likeness (QED) is 0.416. The van der Waals surface area contributed by atoms with Crippen molar-refractivity contribution in [3.8, 4) is 0 Å². The van der Waals surface area contributed by atoms with E-state index in [1.807, 2.05) is 12.1 Å². The maximum absolute atomic E-state index is 7.71. The highest BCUT2D eigenvalue weighted by Crippen LogP contribution is 2.23. The van der Waals surface area contributed by atoms with E-state index >= 15 is 0 Å². The Morgan fingerprint density at radius 3 is 2.44 bits per heavy atom. The van der Waals surface area contributed by atoms with Crippen molar-refractivity contribution in [3.63, 3.8) is 0 Å². The van der Waals surface area contributed by atoms with Crippen LogP contribution in [0.1, 0.15) is 31.4 Å². The van der Waals surface area contributed by atoms with Gasteiger partial charge in [-0.1, -0.05) is 38.5 Å². The second kappa shape index (κ2) is 6.64. The highest BCUT2D eigenvalue weighted by Gasteiger charge is 2.08. The number of hydrogen-bond donors (Lipinski definition) is 5. The third-order valence-electron chi connectivity index (χ3n) is 2.65. The first-order valence-electron chi connectivity index (χ1n) is 6.15. The van der Waals surface area contributed by atoms with E-state index in [0.29, 0.717) is 0 Å². The Bertz CT molecular complexity index is 439. The van der Waals surface area contributed by atoms with E-state index in [0.717, 1.165) is 30.5 Å². The minimum absolute atomic E-state index is 0.0285. The van der Waals surface area contributed by atoms with Gasteiger partial charge in [0.25, 0.3) is 0 Å². The molecule has 0 bridgehead atoms. The molecule has 1 rings (SSSR count). The summed E-state index contributed by atoms with van der Waals surface area (Å²) in [7, 11) is 0. The minimum atomic E-state index is -0.237. The summed E-state index contributed by atoms with van der Waals surface area (Å²) in [6.45, 7) is 4.21. The number of guanidine groups is 2. The van der Waals surface area contributed by atoms with Crippen LogP contribution in [0.15, 0.2) is 18.2 Å². The van der Waals surface area contributed by atoms with Crippen molar-refractivity contribution in [2.45, 2.75) is 33.1 Å². The van der Waals surface area contributed by atoms with E-state index in [1.54, 1.807) is 0 Å². The number of benzene rings is 1. The van der Waals surface area contributed by atoms with Crippen LogP contribution in [0.25, 0.3) is 0 Å². The van der Waals surface area contributed by atoms with Crippen LogP contribution in [0.2, 0.25) is 0 Å². The molecular weight excluding hydrogens is 226 g/mol. The number of aryl methyl sites for hydroxylation is 2. The van der Waals surface area contributed by atoms with Gasteiger partial charge in [0.15, 0.2) is 11.9 Å². The lowest BCUT2D eigenvalue weighted by molar-refractivity contribution is 0.919. The first kappa shape index (κ1) is 14.0. The van der Waals surface area contributed by atoms with Crippen LogP contribution in [0.4, 0.5) is 5.69 Å². The third-order valence-corrected chi connectivity index (χ3v) is 2.65. The van der Waals surface area contributed by atoms with Gasteiger partial charge in [0, 0.05) is 5.69 Å². The fraction of sp³-hybridized carbons (Fsp3) is 0.385. The van der Waals surface area contributed by atoms with E-state index in [4.69, 9.17) is 16.6 Å². The van der Waals surface area contributed by atoms with Gasteiger partial charge < -0.3 is 11.1 Å². The van der Waals surface area contributed by atoms with Gasteiger partial charge in [-0.2, -0.15) is 0 Å². The van der Waals surface area contributed by atoms with Crippen LogP contribution in [0.3, 0.4) is 0 Å². The minimum Gasteiger partial charge on any atom is -0.370 e. The number of para-hydroxylation sites is 1. The molecule has 0 amide bonds. The molecule has 0 spiro atoms. The van der Waals surface area contributed by atoms with Gasteiger partial charge >= 0.3 is 0 Å². The summed E-state index contributed by atoms with van der Waals surface area (Å²) in [6.07, 6.45) is 2.91. The lowest BCUT2D eigenvalue weighted by atomic mass is 10.0. The molecule has 0 saturated carbocycles. The lowest BCUT2D eigenvalue weighted by Gasteiger charge is -2.16. The van der Waals surface area contributed by atoms with E-state index in [-0.39, 0.29) is 11.9 Å². The molecule has 5 heteroatoms. The number of nitrogens with two attached hydrogens (primary N) is 1. The lowest BCUT2D eigenvalue weighted by Crippen LogP contribution is -2.39. The Balaban J connectivity index is 2.96. The summed E-state index contributed by atoms with van der Waals surface area (Å²) < 4.78 is 0. The first-order valence-corrected chi connectivity index (χ1v) is 6.15. The summed E-state index contributed by atoms with van der Waals surface area (Å²) in [5.41, 5.74) is 8.51. The van der Waals surface area contributed by atoms with Crippen LogP contribution in [-0.2, 0) is 12.8 Å². The fourth-order valence-electron chi connectivity index (χ4n) is 1.88. The third kappa shape index (κ3) is 3.76. The maximum atomic E-state index is 7.71. The van der Waals surface area contributed by atoms with Gasteiger partial charge in [-0.15, -0.1) is 0 Å². The summed E-state index contributed by atoms with van der Waals surface area (Å²) >= 11 is 0. The van der Waals surface area contributed by atoms with Crippen LogP contribution >= 0.6 is 0 Å². The highest BCUT2D eigenvalue weighted by atomic mass is 15.2. The predicted molar refractivity (Wildman–Crippen MR) is 76.2 cm³/mol. The van der Waals surface area contributed by atoms with Gasteiger partial charge in [0.05, 0.1) is 0 Å². The van der Waals surface area contributed by atoms with E-state index < -0.39 is 0 Å². The van der Waals surface area contributed by atoms with Crippen molar-refractivity contribution in [2.75, 3.05) is 5.32 Å². The topological polar surface area (TPSA) is 97.8 Å². The van der Waals surface area contributed by atoms with Crippen molar-refractivity contribution in [3.05, 3.63) is 29.3 Å². The Labute approximate surface area is 108 Å². The van der Waals surface area contributed by atoms with Crippen LogP contribution < -0.4 is 16.4 Å². The average molecular weight is 247 g/mol. The zero-order valence-corrected chi connectivity index (χ0v) is 10.9. The normalized spacial score (nSPS) is 9.89. The largest absolute Gasteiger partial charge is 0.370 e. The molecule has 0 unspecified atom stereocenters. The van der Waals surface area contributed by atoms with Crippen LogP contribution in [0.5, 0.6) is 0 Å². The van der Waals surface area contributed by atoms with Crippen molar-refractivity contribution < 1.29 is 0 Å². The molecule has 0 fully saturated rings. The number of anilines is 1. The molecular formula is C13H21N5.